The Kier molecular flexibility index (Phi) is 5.27. The van der Waals surface area contributed by atoms with E-state index >= 15 is 0 Å². The zero-order valence-corrected chi connectivity index (χ0v) is 14.1. The second kappa shape index (κ2) is 7.40. The molecule has 2 aliphatic heterocycles. The fraction of sp³-hybridized carbons (Fsp3) is 0.812. The molecule has 1 aromatic heterocycles. The quantitative estimate of drug-likeness (QED) is 0.872. The molecule has 7 nitrogen and oxygen atoms in total. The van der Waals surface area contributed by atoms with Gasteiger partial charge < -0.3 is 15.2 Å². The fourth-order valence-electron chi connectivity index (χ4n) is 3.70. The summed E-state index contributed by atoms with van der Waals surface area (Å²) >= 11 is 0. The zero-order valence-electron chi connectivity index (χ0n) is 14.1. The zero-order chi connectivity index (χ0) is 16.2. The maximum absolute atomic E-state index is 11.7. The van der Waals surface area contributed by atoms with Crippen molar-refractivity contribution in [1.29, 1.82) is 0 Å². The van der Waals surface area contributed by atoms with Gasteiger partial charge in [-0.2, -0.15) is 0 Å². The maximum Gasteiger partial charge on any atom is 0.236 e. The van der Waals surface area contributed by atoms with Crippen molar-refractivity contribution in [2.24, 2.45) is 12.8 Å². The van der Waals surface area contributed by atoms with Gasteiger partial charge in [-0.05, 0) is 38.8 Å². The van der Waals surface area contributed by atoms with Crippen LogP contribution in [-0.4, -0.2) is 63.2 Å². The molecule has 0 saturated carbocycles. The number of nitrogens with zero attached hydrogens (tertiary/aromatic N) is 5. The van der Waals surface area contributed by atoms with Crippen LogP contribution in [0.1, 0.15) is 49.7 Å². The van der Waals surface area contributed by atoms with Crippen LogP contribution in [-0.2, 0) is 18.4 Å². The molecule has 2 saturated heterocycles. The van der Waals surface area contributed by atoms with Crippen molar-refractivity contribution in [2.75, 3.05) is 32.7 Å². The Morgan fingerprint density at radius 2 is 1.83 bits per heavy atom. The summed E-state index contributed by atoms with van der Waals surface area (Å²) in [7, 11) is 2.08. The van der Waals surface area contributed by atoms with Gasteiger partial charge in [0.2, 0.25) is 5.91 Å². The first-order chi connectivity index (χ1) is 11.2. The van der Waals surface area contributed by atoms with Crippen LogP contribution >= 0.6 is 0 Å². The van der Waals surface area contributed by atoms with Crippen LogP contribution in [0.4, 0.5) is 0 Å². The molecule has 0 atom stereocenters. The number of rotatable bonds is 4. The van der Waals surface area contributed by atoms with Crippen LogP contribution in [0.15, 0.2) is 0 Å². The number of hydrogen-bond donors (Lipinski definition) is 1. The van der Waals surface area contributed by atoms with Gasteiger partial charge in [-0.3, -0.25) is 9.69 Å². The van der Waals surface area contributed by atoms with Gasteiger partial charge in [0.1, 0.15) is 11.6 Å². The molecule has 1 aromatic rings. The van der Waals surface area contributed by atoms with E-state index < -0.39 is 0 Å². The van der Waals surface area contributed by atoms with E-state index in [1.807, 2.05) is 4.90 Å². The minimum Gasteiger partial charge on any atom is -0.342 e. The molecule has 0 spiro atoms. The number of hydrogen-bond acceptors (Lipinski definition) is 5. The molecule has 0 radical (unpaired) electrons. The second-order valence-corrected chi connectivity index (χ2v) is 6.73. The second-order valence-electron chi connectivity index (χ2n) is 6.73. The smallest absolute Gasteiger partial charge is 0.236 e. The number of carbonyl (C=O) groups is 1. The van der Waals surface area contributed by atoms with E-state index in [2.05, 4.69) is 26.7 Å². The molecule has 23 heavy (non-hydrogen) atoms. The molecule has 0 unspecified atom stereocenters. The molecular weight excluding hydrogens is 292 g/mol. The summed E-state index contributed by atoms with van der Waals surface area (Å²) in [5, 5.41) is 8.88. The van der Waals surface area contributed by atoms with Crippen molar-refractivity contribution in [3.8, 4) is 0 Å². The van der Waals surface area contributed by atoms with E-state index in [1.54, 1.807) is 0 Å². The molecule has 2 N–H and O–H groups in total. The summed E-state index contributed by atoms with van der Waals surface area (Å²) in [5.41, 5.74) is 5.44. The van der Waals surface area contributed by atoms with Crippen molar-refractivity contribution < 1.29 is 4.79 Å². The molecule has 0 aliphatic carbocycles. The van der Waals surface area contributed by atoms with Crippen molar-refractivity contribution in [3.05, 3.63) is 11.6 Å². The highest BCUT2D eigenvalue weighted by molar-refractivity contribution is 5.78. The van der Waals surface area contributed by atoms with Crippen molar-refractivity contribution in [1.82, 2.24) is 24.6 Å². The Balaban J connectivity index is 1.60. The summed E-state index contributed by atoms with van der Waals surface area (Å²) < 4.78 is 2.17. The number of nitrogens with two attached hydrogens (primary N) is 1. The molecular formula is C16H28N6O. The number of carbonyl (C=O) groups excluding carboxylic acids is 1. The van der Waals surface area contributed by atoms with Crippen LogP contribution in [0.25, 0.3) is 0 Å². The van der Waals surface area contributed by atoms with Crippen LogP contribution in [0.3, 0.4) is 0 Å². The van der Waals surface area contributed by atoms with Gasteiger partial charge in [-0.1, -0.05) is 6.42 Å². The third kappa shape index (κ3) is 3.72. The lowest BCUT2D eigenvalue weighted by Gasteiger charge is -2.31. The Morgan fingerprint density at radius 3 is 2.48 bits per heavy atom. The third-order valence-corrected chi connectivity index (χ3v) is 5.20. The Bertz CT molecular complexity index is 529. The van der Waals surface area contributed by atoms with Gasteiger partial charge in [0, 0.05) is 26.1 Å². The summed E-state index contributed by atoms with van der Waals surface area (Å²) in [5.74, 6) is 2.57. The van der Waals surface area contributed by atoms with Gasteiger partial charge in [-0.15, -0.1) is 10.2 Å². The third-order valence-electron chi connectivity index (χ3n) is 5.20. The number of piperidine rings is 2. The van der Waals surface area contributed by atoms with E-state index in [9.17, 15) is 4.79 Å². The minimum absolute atomic E-state index is 0.0483. The number of likely N-dealkylation sites (tertiary alicyclic amines) is 2. The summed E-state index contributed by atoms with van der Waals surface area (Å²) in [4.78, 5) is 16.0. The fourth-order valence-corrected chi connectivity index (χ4v) is 3.70. The highest BCUT2D eigenvalue weighted by Crippen LogP contribution is 2.27. The minimum atomic E-state index is 0.0483. The summed E-state index contributed by atoms with van der Waals surface area (Å²) in [6.45, 7) is 4.89. The van der Waals surface area contributed by atoms with Crippen LogP contribution < -0.4 is 5.73 Å². The van der Waals surface area contributed by atoms with E-state index in [-0.39, 0.29) is 12.5 Å². The molecule has 3 rings (SSSR count). The van der Waals surface area contributed by atoms with Crippen LogP contribution in [0, 0.1) is 0 Å². The predicted octanol–water partition coefficient (Wildman–Crippen LogP) is 0.466. The topological polar surface area (TPSA) is 80.3 Å². The van der Waals surface area contributed by atoms with Crippen molar-refractivity contribution in [3.63, 3.8) is 0 Å². The molecule has 128 valence electrons. The predicted molar refractivity (Wildman–Crippen MR) is 87.7 cm³/mol. The van der Waals surface area contributed by atoms with E-state index in [1.165, 1.54) is 32.4 Å². The number of aromatic nitrogens is 3. The molecule has 2 aliphatic rings. The summed E-state index contributed by atoms with van der Waals surface area (Å²) in [6, 6.07) is 0. The Labute approximate surface area is 137 Å². The van der Waals surface area contributed by atoms with Crippen molar-refractivity contribution in [2.45, 2.75) is 44.6 Å². The van der Waals surface area contributed by atoms with Gasteiger partial charge in [0.05, 0.1) is 13.1 Å². The molecule has 0 bridgehead atoms. The van der Waals surface area contributed by atoms with E-state index in [4.69, 9.17) is 5.73 Å². The molecule has 1 amide bonds. The first-order valence-corrected chi connectivity index (χ1v) is 8.77. The molecule has 7 heteroatoms. The lowest BCUT2D eigenvalue weighted by molar-refractivity contribution is -0.130. The van der Waals surface area contributed by atoms with Gasteiger partial charge >= 0.3 is 0 Å². The largest absolute Gasteiger partial charge is 0.342 e. The average molecular weight is 320 g/mol. The van der Waals surface area contributed by atoms with Crippen LogP contribution in [0.2, 0.25) is 0 Å². The van der Waals surface area contributed by atoms with E-state index in [0.29, 0.717) is 5.92 Å². The lowest BCUT2D eigenvalue weighted by Crippen LogP contribution is -2.41. The van der Waals surface area contributed by atoms with Gasteiger partial charge in [0.25, 0.3) is 0 Å². The van der Waals surface area contributed by atoms with Gasteiger partial charge in [-0.25, -0.2) is 0 Å². The number of amides is 1. The monoisotopic (exact) mass is 320 g/mol. The Morgan fingerprint density at radius 1 is 1.13 bits per heavy atom. The normalized spacial score (nSPS) is 20.9. The SMILES string of the molecule is Cn1c(CN2CCCCC2)nnc1C1CCN(C(=O)CN)CC1. The van der Waals surface area contributed by atoms with Gasteiger partial charge in [0.15, 0.2) is 0 Å². The highest BCUT2D eigenvalue weighted by atomic mass is 16.2. The highest BCUT2D eigenvalue weighted by Gasteiger charge is 2.27. The molecule has 2 fully saturated rings. The maximum atomic E-state index is 11.7. The first-order valence-electron chi connectivity index (χ1n) is 8.77. The lowest BCUT2D eigenvalue weighted by atomic mass is 9.96. The first kappa shape index (κ1) is 16.4. The van der Waals surface area contributed by atoms with Crippen LogP contribution in [0.5, 0.6) is 0 Å². The molecule has 3 heterocycles. The summed E-state index contributed by atoms with van der Waals surface area (Å²) in [6.07, 6.45) is 5.82. The van der Waals surface area contributed by atoms with E-state index in [0.717, 1.165) is 44.1 Å². The Hall–Kier alpha value is -1.47. The average Bonchev–Trinajstić information content (AvgIpc) is 2.96. The molecule has 0 aromatic carbocycles. The van der Waals surface area contributed by atoms with Crippen molar-refractivity contribution >= 4 is 5.91 Å². The standard InChI is InChI=1S/C16H28N6O/c1-20-14(12-21-7-3-2-4-8-21)18-19-16(20)13-5-9-22(10-6-13)15(23)11-17/h13H,2-12,17H2,1H3.